The summed E-state index contributed by atoms with van der Waals surface area (Å²) in [7, 11) is 0. The molecule has 0 saturated heterocycles. The largest absolute Gasteiger partial charge is 0.288 e. The van der Waals surface area contributed by atoms with Crippen molar-refractivity contribution >= 4 is 44.3 Å². The number of rotatable bonds is 1. The second-order valence-electron chi connectivity index (χ2n) is 0.690. The zero-order valence-corrected chi connectivity index (χ0v) is 6.69. The molecule has 0 aromatic rings. The van der Waals surface area contributed by atoms with Crippen LogP contribution in [0, 0.1) is 0 Å². The fraction of sp³-hybridized carbons (Fsp3) is 1.00. The molecule has 0 spiro atoms. The molecule has 0 aromatic heterocycles. The molecule has 0 heterocycles. The zero-order chi connectivity index (χ0) is 5.21. The molecule has 0 unspecified atom stereocenters. The Morgan fingerprint density at radius 3 is 1.83 bits per heavy atom. The maximum atomic E-state index is 10.1. The van der Waals surface area contributed by atoms with E-state index in [4.69, 9.17) is 22.5 Å². The number of alkyl halides is 1. The van der Waals surface area contributed by atoms with E-state index >= 15 is 0 Å². The molecule has 0 aliphatic heterocycles. The molecule has 0 rings (SSSR count). The van der Waals surface area contributed by atoms with E-state index in [1.807, 2.05) is 0 Å². The molecule has 0 N–H and O–H groups in total. The Labute approximate surface area is 54.1 Å². The molecule has 0 bridgehead atoms. The summed E-state index contributed by atoms with van der Waals surface area (Å²) in [4.78, 5) is 0. The molecule has 5 heteroatoms. The van der Waals surface area contributed by atoms with Crippen LogP contribution in [0.4, 0.5) is 0 Å². The van der Waals surface area contributed by atoms with Gasteiger partial charge in [0.2, 0.25) is 0 Å². The Bertz CT molecular complexity index is 77.6. The van der Waals surface area contributed by atoms with Crippen molar-refractivity contribution in [2.75, 3.05) is 5.07 Å². The molecule has 0 aromatic carbocycles. The zero-order valence-electron chi connectivity index (χ0n) is 2.70. The van der Waals surface area contributed by atoms with Crippen molar-refractivity contribution in [3.63, 3.8) is 0 Å². The van der Waals surface area contributed by atoms with Gasteiger partial charge in [-0.1, -0.05) is 15.9 Å². The van der Waals surface area contributed by atoms with Gasteiger partial charge in [0.05, 0.1) is 5.07 Å². The van der Waals surface area contributed by atoms with Gasteiger partial charge in [-0.2, -0.15) is 0 Å². The average Bonchev–Trinajstić information content (AvgIpc) is 1.35. The summed E-state index contributed by atoms with van der Waals surface area (Å²) in [5.41, 5.74) is 0. The summed E-state index contributed by atoms with van der Waals surface area (Å²) in [6.45, 7) is 0. The van der Waals surface area contributed by atoms with Gasteiger partial charge in [-0.15, -0.1) is 0 Å². The quantitative estimate of drug-likeness (QED) is 0.482. The van der Waals surface area contributed by atoms with E-state index < -0.39 is 5.85 Å². The fourth-order valence-electron chi connectivity index (χ4n) is 0. The first-order valence-electron chi connectivity index (χ1n) is 1.10. The van der Waals surface area contributed by atoms with Crippen LogP contribution in [-0.4, -0.2) is 5.07 Å². The number of halogens is 3. The summed E-state index contributed by atoms with van der Waals surface area (Å²) in [5, 5.41) is 0.170. The molecule has 0 atom stereocenters. The second-order valence-corrected chi connectivity index (χ2v) is 7.37. The van der Waals surface area contributed by atoms with Gasteiger partial charge in [0.25, 0.3) is 5.85 Å². The van der Waals surface area contributed by atoms with Crippen LogP contribution in [-0.2, 0) is 4.57 Å². The Balaban J connectivity index is 3.48. The lowest BCUT2D eigenvalue weighted by atomic mass is 11.9. The lowest BCUT2D eigenvalue weighted by Gasteiger charge is -1.87. The maximum Gasteiger partial charge on any atom is 0.263 e. The van der Waals surface area contributed by atoms with Crippen LogP contribution in [0.25, 0.3) is 0 Å². The van der Waals surface area contributed by atoms with Gasteiger partial charge in [-0.25, -0.2) is 0 Å². The Morgan fingerprint density at radius 2 is 1.83 bits per heavy atom. The minimum absolute atomic E-state index is 0.170. The molecule has 1 nitrogen and oxygen atoms in total. The van der Waals surface area contributed by atoms with Crippen LogP contribution < -0.4 is 0 Å². The second kappa shape index (κ2) is 2.56. The normalized spacial score (nSPS) is 11.8. The lowest BCUT2D eigenvalue weighted by molar-refractivity contribution is 0.595. The van der Waals surface area contributed by atoms with Gasteiger partial charge >= 0.3 is 0 Å². The number of hydrogen-bond acceptors (Lipinski definition) is 1. The van der Waals surface area contributed by atoms with Crippen LogP contribution in [0.3, 0.4) is 0 Å². The summed E-state index contributed by atoms with van der Waals surface area (Å²) in [5.74, 6) is -2.79. The van der Waals surface area contributed by atoms with Gasteiger partial charge in [0.1, 0.15) is 0 Å². The van der Waals surface area contributed by atoms with E-state index in [0.29, 0.717) is 0 Å². The maximum absolute atomic E-state index is 10.1. The molecular weight excluding hydrogens is 210 g/mol. The first-order chi connectivity index (χ1) is 2.56. The predicted molar refractivity (Wildman–Crippen MR) is 33.1 cm³/mol. The van der Waals surface area contributed by atoms with E-state index in [9.17, 15) is 4.57 Å². The Morgan fingerprint density at radius 1 is 1.67 bits per heavy atom. The topological polar surface area (TPSA) is 17.1 Å². The van der Waals surface area contributed by atoms with Crippen molar-refractivity contribution in [3.05, 3.63) is 0 Å². The summed E-state index contributed by atoms with van der Waals surface area (Å²) >= 11 is 12.8. The summed E-state index contributed by atoms with van der Waals surface area (Å²) in [6, 6.07) is 0. The monoisotopic (exact) mass is 210 g/mol. The molecule has 0 saturated carbocycles. The van der Waals surface area contributed by atoms with Crippen LogP contribution in [0.5, 0.6) is 0 Å². The van der Waals surface area contributed by atoms with Crippen LogP contribution in [0.2, 0.25) is 0 Å². The highest BCUT2D eigenvalue weighted by Gasteiger charge is 2.08. The van der Waals surface area contributed by atoms with Gasteiger partial charge < -0.3 is 0 Å². The van der Waals surface area contributed by atoms with Crippen LogP contribution >= 0.6 is 44.3 Å². The molecule has 0 amide bonds. The van der Waals surface area contributed by atoms with Crippen LogP contribution in [0.15, 0.2) is 0 Å². The number of hydrogen-bond donors (Lipinski definition) is 0. The highest BCUT2D eigenvalue weighted by atomic mass is 79.9. The van der Waals surface area contributed by atoms with Crippen molar-refractivity contribution in [2.45, 2.75) is 0 Å². The van der Waals surface area contributed by atoms with E-state index in [1.54, 1.807) is 0 Å². The van der Waals surface area contributed by atoms with Gasteiger partial charge in [0.15, 0.2) is 0 Å². The first-order valence-corrected chi connectivity index (χ1v) is 5.93. The first kappa shape index (κ1) is 7.29. The van der Waals surface area contributed by atoms with Crippen LogP contribution in [0.1, 0.15) is 0 Å². The van der Waals surface area contributed by atoms with Crippen molar-refractivity contribution < 1.29 is 4.57 Å². The third-order valence-corrected chi connectivity index (χ3v) is 4.99. The summed E-state index contributed by atoms with van der Waals surface area (Å²) < 4.78 is 10.1. The molecular formula is CH2BrCl2OP. The predicted octanol–water partition coefficient (Wildman–Crippen LogP) is 3.01. The van der Waals surface area contributed by atoms with E-state index in [-0.39, 0.29) is 5.07 Å². The van der Waals surface area contributed by atoms with E-state index in [0.717, 1.165) is 0 Å². The molecule has 0 aliphatic carbocycles. The van der Waals surface area contributed by atoms with Crippen molar-refractivity contribution in [2.24, 2.45) is 0 Å². The SMILES string of the molecule is O=P(Cl)(Cl)CBr. The minimum Gasteiger partial charge on any atom is -0.288 e. The molecule has 0 aliphatic rings. The highest BCUT2D eigenvalue weighted by molar-refractivity contribution is 9.10. The van der Waals surface area contributed by atoms with Crippen molar-refractivity contribution in [1.82, 2.24) is 0 Å². The Kier molecular flexibility index (Phi) is 3.11. The fourth-order valence-corrected chi connectivity index (χ4v) is 0. The summed E-state index contributed by atoms with van der Waals surface area (Å²) in [6.07, 6.45) is 0. The third kappa shape index (κ3) is 5.29. The lowest BCUT2D eigenvalue weighted by Crippen LogP contribution is -1.52. The van der Waals surface area contributed by atoms with Gasteiger partial charge in [-0.05, 0) is 22.5 Å². The average molecular weight is 212 g/mol. The van der Waals surface area contributed by atoms with Gasteiger partial charge in [0, 0.05) is 0 Å². The third-order valence-electron chi connectivity index (χ3n) is 0.139. The van der Waals surface area contributed by atoms with Crippen molar-refractivity contribution in [3.8, 4) is 0 Å². The van der Waals surface area contributed by atoms with Crippen molar-refractivity contribution in [1.29, 1.82) is 0 Å². The van der Waals surface area contributed by atoms with E-state index in [2.05, 4.69) is 15.9 Å². The standard InChI is InChI=1S/CH2BrCl2OP/c2-1-6(3,4)5/h1H2. The smallest absolute Gasteiger partial charge is 0.263 e. The molecule has 6 heavy (non-hydrogen) atoms. The van der Waals surface area contributed by atoms with Gasteiger partial charge in [-0.3, -0.25) is 4.57 Å². The highest BCUT2D eigenvalue weighted by Crippen LogP contribution is 2.57. The Hall–Kier alpha value is 1.29. The minimum atomic E-state index is -2.79. The van der Waals surface area contributed by atoms with E-state index in [1.165, 1.54) is 0 Å². The molecule has 38 valence electrons. The molecule has 0 fully saturated rings. The molecule has 0 radical (unpaired) electrons.